The van der Waals surface area contributed by atoms with Gasteiger partial charge < -0.3 is 29.0 Å². The van der Waals surface area contributed by atoms with E-state index in [-0.39, 0.29) is 5.91 Å². The predicted molar refractivity (Wildman–Crippen MR) is 126 cm³/mol. The lowest BCUT2D eigenvalue weighted by molar-refractivity contribution is 0.102. The Bertz CT molecular complexity index is 1030. The molecule has 7 nitrogen and oxygen atoms in total. The molecule has 1 aliphatic heterocycles. The molecule has 7 heteroatoms. The van der Waals surface area contributed by atoms with E-state index in [1.165, 1.54) is 0 Å². The lowest BCUT2D eigenvalue weighted by atomic mass is 10.1. The van der Waals surface area contributed by atoms with E-state index in [0.717, 1.165) is 30.2 Å². The van der Waals surface area contributed by atoms with Crippen molar-refractivity contribution in [2.24, 2.45) is 0 Å². The zero-order valence-electron chi connectivity index (χ0n) is 18.5. The van der Waals surface area contributed by atoms with Gasteiger partial charge in [0.1, 0.15) is 11.5 Å². The van der Waals surface area contributed by atoms with Crippen molar-refractivity contribution in [2.45, 2.75) is 13.8 Å². The molecule has 32 heavy (non-hydrogen) atoms. The minimum atomic E-state index is -0.202. The number of anilines is 2. The molecule has 168 valence electrons. The molecule has 4 rings (SSSR count). The van der Waals surface area contributed by atoms with Gasteiger partial charge in [0.2, 0.25) is 0 Å². The van der Waals surface area contributed by atoms with Crippen molar-refractivity contribution in [3.63, 3.8) is 0 Å². The highest BCUT2D eigenvalue weighted by Gasteiger charge is 2.20. The van der Waals surface area contributed by atoms with Crippen LogP contribution in [0.5, 0.6) is 11.5 Å². The number of nitrogens with zero attached hydrogens (tertiary/aromatic N) is 2. The van der Waals surface area contributed by atoms with Gasteiger partial charge in [-0.15, -0.1) is 0 Å². The second-order valence-electron chi connectivity index (χ2n) is 7.37. The Morgan fingerprint density at radius 2 is 1.62 bits per heavy atom. The molecule has 2 aromatic carbocycles. The van der Waals surface area contributed by atoms with Gasteiger partial charge in [-0.3, -0.25) is 4.79 Å². The van der Waals surface area contributed by atoms with Gasteiger partial charge >= 0.3 is 0 Å². The molecule has 1 amide bonds. The van der Waals surface area contributed by atoms with Gasteiger partial charge in [-0.05, 0) is 50.2 Å². The van der Waals surface area contributed by atoms with Crippen LogP contribution in [-0.2, 0) is 4.74 Å². The van der Waals surface area contributed by atoms with E-state index < -0.39 is 0 Å². The molecule has 1 saturated heterocycles. The Morgan fingerprint density at radius 1 is 0.969 bits per heavy atom. The summed E-state index contributed by atoms with van der Waals surface area (Å²) in [5, 5.41) is 3.00. The monoisotopic (exact) mass is 435 g/mol. The van der Waals surface area contributed by atoms with E-state index in [9.17, 15) is 4.79 Å². The highest BCUT2D eigenvalue weighted by molar-refractivity contribution is 6.05. The van der Waals surface area contributed by atoms with E-state index in [2.05, 4.69) is 10.2 Å². The fourth-order valence-corrected chi connectivity index (χ4v) is 3.73. The van der Waals surface area contributed by atoms with Crippen LogP contribution in [0.2, 0.25) is 0 Å². The first kappa shape index (κ1) is 21.8. The largest absolute Gasteiger partial charge is 0.492 e. The Morgan fingerprint density at radius 3 is 2.28 bits per heavy atom. The van der Waals surface area contributed by atoms with E-state index in [1.54, 1.807) is 0 Å². The van der Waals surface area contributed by atoms with Crippen molar-refractivity contribution in [1.82, 2.24) is 4.57 Å². The standard InChI is InChI=1S/C25H29N3O4/c1-3-31-23-18-22(28-13-15-30-16-14-28)24(32-4-2)17-21(23)26-25(29)19-7-9-20(10-8-19)27-11-5-6-12-27/h5-12,17-18H,3-4,13-16H2,1-2H3,(H,26,29). The van der Waals surface area contributed by atoms with Gasteiger partial charge in [0.15, 0.2) is 0 Å². The van der Waals surface area contributed by atoms with Crippen molar-refractivity contribution < 1.29 is 19.0 Å². The maximum absolute atomic E-state index is 13.0. The average molecular weight is 436 g/mol. The first-order chi connectivity index (χ1) is 15.7. The maximum atomic E-state index is 13.0. The second-order valence-corrected chi connectivity index (χ2v) is 7.37. The van der Waals surface area contributed by atoms with Crippen LogP contribution in [-0.4, -0.2) is 50.0 Å². The smallest absolute Gasteiger partial charge is 0.255 e. The van der Waals surface area contributed by atoms with Crippen molar-refractivity contribution in [3.8, 4) is 17.2 Å². The summed E-state index contributed by atoms with van der Waals surface area (Å²) in [6.07, 6.45) is 3.93. The van der Waals surface area contributed by atoms with Crippen molar-refractivity contribution in [3.05, 3.63) is 66.5 Å². The molecule has 0 unspecified atom stereocenters. The Labute approximate surface area is 188 Å². The van der Waals surface area contributed by atoms with E-state index in [0.29, 0.717) is 43.4 Å². The molecule has 1 aliphatic rings. The molecule has 0 bridgehead atoms. The number of carbonyl (C=O) groups excluding carboxylic acids is 1. The van der Waals surface area contributed by atoms with Gasteiger partial charge in [-0.25, -0.2) is 0 Å². The molecular formula is C25H29N3O4. The predicted octanol–water partition coefficient (Wildman–Crippen LogP) is 4.36. The van der Waals surface area contributed by atoms with Gasteiger partial charge in [-0.2, -0.15) is 0 Å². The summed E-state index contributed by atoms with van der Waals surface area (Å²) in [5.41, 5.74) is 3.10. The van der Waals surface area contributed by atoms with Crippen LogP contribution >= 0.6 is 0 Å². The number of aromatic nitrogens is 1. The molecule has 1 N–H and O–H groups in total. The molecule has 3 aromatic rings. The Balaban J connectivity index is 1.59. The molecule has 0 radical (unpaired) electrons. The number of ether oxygens (including phenoxy) is 3. The van der Waals surface area contributed by atoms with E-state index in [4.69, 9.17) is 14.2 Å². The molecule has 0 aliphatic carbocycles. The molecule has 2 heterocycles. The van der Waals surface area contributed by atoms with Gasteiger partial charge in [0.05, 0.1) is 37.8 Å². The summed E-state index contributed by atoms with van der Waals surface area (Å²) >= 11 is 0. The SMILES string of the molecule is CCOc1cc(N2CCOCC2)c(OCC)cc1NC(=O)c1ccc(-n2cccc2)cc1. The van der Waals surface area contributed by atoms with Crippen molar-refractivity contribution >= 4 is 17.3 Å². The van der Waals surface area contributed by atoms with Gasteiger partial charge in [0, 0.05) is 48.9 Å². The van der Waals surface area contributed by atoms with Crippen molar-refractivity contribution in [2.75, 3.05) is 49.7 Å². The quantitative estimate of drug-likeness (QED) is 0.569. The Hall–Kier alpha value is -3.45. The summed E-state index contributed by atoms with van der Waals surface area (Å²) in [7, 11) is 0. The third kappa shape index (κ3) is 4.89. The number of carbonyl (C=O) groups is 1. The maximum Gasteiger partial charge on any atom is 0.255 e. The van der Waals surface area contributed by atoms with Crippen molar-refractivity contribution in [1.29, 1.82) is 0 Å². The lowest BCUT2D eigenvalue weighted by Crippen LogP contribution is -2.36. The summed E-state index contributed by atoms with van der Waals surface area (Å²) in [6.45, 7) is 7.81. The highest BCUT2D eigenvalue weighted by atomic mass is 16.5. The van der Waals surface area contributed by atoms with Crippen LogP contribution in [0.15, 0.2) is 60.9 Å². The summed E-state index contributed by atoms with van der Waals surface area (Å²) in [4.78, 5) is 15.2. The summed E-state index contributed by atoms with van der Waals surface area (Å²) in [6, 6.07) is 15.2. The average Bonchev–Trinajstić information content (AvgIpc) is 3.36. The molecule has 0 spiro atoms. The molecular weight excluding hydrogens is 406 g/mol. The number of nitrogens with one attached hydrogen (secondary N) is 1. The van der Waals surface area contributed by atoms with Crippen LogP contribution in [0, 0.1) is 0 Å². The zero-order chi connectivity index (χ0) is 22.3. The third-order valence-corrected chi connectivity index (χ3v) is 5.29. The second kappa shape index (κ2) is 10.2. The number of morpholine rings is 1. The first-order valence-corrected chi connectivity index (χ1v) is 11.0. The molecule has 0 atom stereocenters. The fourth-order valence-electron chi connectivity index (χ4n) is 3.73. The topological polar surface area (TPSA) is 65.0 Å². The minimum absolute atomic E-state index is 0.202. The normalized spacial score (nSPS) is 13.6. The van der Waals surface area contributed by atoms with Crippen LogP contribution in [0.3, 0.4) is 0 Å². The highest BCUT2D eigenvalue weighted by Crippen LogP contribution is 2.39. The van der Waals surface area contributed by atoms with Gasteiger partial charge in [-0.1, -0.05) is 0 Å². The van der Waals surface area contributed by atoms with Crippen LogP contribution in [0.25, 0.3) is 5.69 Å². The number of benzene rings is 2. The molecule has 1 fully saturated rings. The van der Waals surface area contributed by atoms with Gasteiger partial charge in [0.25, 0.3) is 5.91 Å². The molecule has 1 aromatic heterocycles. The van der Waals surface area contributed by atoms with E-state index in [1.807, 2.05) is 79.3 Å². The summed E-state index contributed by atoms with van der Waals surface area (Å²) < 4.78 is 19.3. The number of amides is 1. The van der Waals surface area contributed by atoms with Crippen LogP contribution in [0.1, 0.15) is 24.2 Å². The molecule has 0 saturated carbocycles. The number of hydrogen-bond acceptors (Lipinski definition) is 5. The van der Waals surface area contributed by atoms with Crippen LogP contribution in [0.4, 0.5) is 11.4 Å². The summed E-state index contributed by atoms with van der Waals surface area (Å²) in [5.74, 6) is 1.14. The fraction of sp³-hybridized carbons (Fsp3) is 0.320. The third-order valence-electron chi connectivity index (χ3n) is 5.29. The zero-order valence-corrected chi connectivity index (χ0v) is 18.5. The van der Waals surface area contributed by atoms with E-state index >= 15 is 0 Å². The first-order valence-electron chi connectivity index (χ1n) is 11.0. The minimum Gasteiger partial charge on any atom is -0.492 e. The number of rotatable bonds is 8. The Kier molecular flexibility index (Phi) is 6.97. The lowest BCUT2D eigenvalue weighted by Gasteiger charge is -2.31. The number of hydrogen-bond donors (Lipinski definition) is 1. The van der Waals surface area contributed by atoms with Crippen LogP contribution < -0.4 is 19.7 Å².